The monoisotopic (exact) mass is 257 g/mol. The Labute approximate surface area is 91.6 Å². The van der Waals surface area contributed by atoms with E-state index in [4.69, 9.17) is 9.47 Å². The number of hydrogen-bond acceptors (Lipinski definition) is 3. The van der Waals surface area contributed by atoms with Gasteiger partial charge in [0.1, 0.15) is 0 Å². The topological polar surface area (TPSA) is 31.4 Å². The van der Waals surface area contributed by atoms with Gasteiger partial charge in [-0.3, -0.25) is 0 Å². The average molecular weight is 258 g/mol. The van der Waals surface area contributed by atoms with E-state index < -0.39 is 0 Å². The third-order valence-electron chi connectivity index (χ3n) is 2.09. The first-order valence-electron chi connectivity index (χ1n) is 4.74. The molecular weight excluding hydrogens is 246 g/mol. The Morgan fingerprint density at radius 3 is 3.00 bits per heavy atom. The molecule has 1 unspecified atom stereocenters. The highest BCUT2D eigenvalue weighted by atomic mass is 79.9. The molecule has 2 rings (SSSR count). The quantitative estimate of drug-likeness (QED) is 0.817. The molecule has 3 nitrogen and oxygen atoms in total. The number of nitrogens with zero attached hydrogens (tertiary/aromatic N) is 1. The van der Waals surface area contributed by atoms with Crippen molar-refractivity contribution in [2.45, 2.75) is 25.6 Å². The largest absolute Gasteiger partial charge is 0.448 e. The molecule has 0 aromatic carbocycles. The zero-order valence-corrected chi connectivity index (χ0v) is 9.37. The summed E-state index contributed by atoms with van der Waals surface area (Å²) in [5.74, 6) is 0.625. The van der Waals surface area contributed by atoms with Crippen molar-refractivity contribution in [1.82, 2.24) is 4.98 Å². The highest BCUT2D eigenvalue weighted by Crippen LogP contribution is 2.18. The summed E-state index contributed by atoms with van der Waals surface area (Å²) in [5, 5.41) is 0. The van der Waals surface area contributed by atoms with Gasteiger partial charge < -0.3 is 9.47 Å². The zero-order valence-electron chi connectivity index (χ0n) is 7.78. The standard InChI is InChI=1S/C10H12BrNO2/c11-8-4-5-9(12-7-8)14-10-3-1-2-6-13-10/h4-5,7,10H,1-3,6H2. The Morgan fingerprint density at radius 1 is 1.43 bits per heavy atom. The van der Waals surface area contributed by atoms with Gasteiger partial charge in [-0.05, 0) is 34.8 Å². The third-order valence-corrected chi connectivity index (χ3v) is 2.56. The van der Waals surface area contributed by atoms with Crippen molar-refractivity contribution in [3.63, 3.8) is 0 Å². The fourth-order valence-corrected chi connectivity index (χ4v) is 1.61. The average Bonchev–Trinajstić information content (AvgIpc) is 2.23. The molecule has 0 spiro atoms. The van der Waals surface area contributed by atoms with Crippen molar-refractivity contribution in [3.8, 4) is 5.88 Å². The zero-order chi connectivity index (χ0) is 9.80. The lowest BCUT2D eigenvalue weighted by atomic mass is 10.2. The molecule has 0 aliphatic carbocycles. The molecule has 1 aromatic rings. The number of aromatic nitrogens is 1. The summed E-state index contributed by atoms with van der Waals surface area (Å²) < 4.78 is 11.9. The molecular formula is C10H12BrNO2. The predicted molar refractivity (Wildman–Crippen MR) is 56.2 cm³/mol. The van der Waals surface area contributed by atoms with Crippen LogP contribution >= 0.6 is 15.9 Å². The van der Waals surface area contributed by atoms with Gasteiger partial charge in [-0.15, -0.1) is 0 Å². The van der Waals surface area contributed by atoms with E-state index in [1.807, 2.05) is 12.1 Å². The van der Waals surface area contributed by atoms with Gasteiger partial charge in [0.05, 0.1) is 6.61 Å². The van der Waals surface area contributed by atoms with Crippen LogP contribution in [0.2, 0.25) is 0 Å². The van der Waals surface area contributed by atoms with Crippen molar-refractivity contribution in [3.05, 3.63) is 22.8 Å². The lowest BCUT2D eigenvalue weighted by Crippen LogP contribution is -2.25. The second-order valence-electron chi connectivity index (χ2n) is 3.23. The van der Waals surface area contributed by atoms with E-state index in [9.17, 15) is 0 Å². The van der Waals surface area contributed by atoms with Crippen molar-refractivity contribution in [1.29, 1.82) is 0 Å². The molecule has 0 N–H and O–H groups in total. The molecule has 1 aromatic heterocycles. The number of halogens is 1. The lowest BCUT2D eigenvalue weighted by molar-refractivity contribution is -0.107. The van der Waals surface area contributed by atoms with Crippen LogP contribution in [0.1, 0.15) is 19.3 Å². The Balaban J connectivity index is 1.92. The van der Waals surface area contributed by atoms with Crippen LogP contribution in [0.5, 0.6) is 5.88 Å². The minimum Gasteiger partial charge on any atom is -0.448 e. The van der Waals surface area contributed by atoms with E-state index in [0.29, 0.717) is 5.88 Å². The maximum atomic E-state index is 5.56. The highest BCUT2D eigenvalue weighted by molar-refractivity contribution is 9.10. The molecule has 14 heavy (non-hydrogen) atoms. The highest BCUT2D eigenvalue weighted by Gasteiger charge is 2.15. The smallest absolute Gasteiger partial charge is 0.215 e. The molecule has 1 aliphatic rings. The lowest BCUT2D eigenvalue weighted by Gasteiger charge is -2.22. The Hall–Kier alpha value is -0.610. The van der Waals surface area contributed by atoms with Crippen LogP contribution < -0.4 is 4.74 Å². The molecule has 2 heterocycles. The SMILES string of the molecule is Brc1ccc(OC2CCCCO2)nc1. The van der Waals surface area contributed by atoms with Crippen LogP contribution in [0.4, 0.5) is 0 Å². The summed E-state index contributed by atoms with van der Waals surface area (Å²) in [7, 11) is 0. The van der Waals surface area contributed by atoms with Crippen LogP contribution in [0.3, 0.4) is 0 Å². The molecule has 4 heteroatoms. The molecule has 0 radical (unpaired) electrons. The van der Waals surface area contributed by atoms with Crippen LogP contribution in [-0.2, 0) is 4.74 Å². The van der Waals surface area contributed by atoms with Crippen molar-refractivity contribution >= 4 is 15.9 Å². The minimum atomic E-state index is -0.113. The van der Waals surface area contributed by atoms with Crippen LogP contribution in [0.15, 0.2) is 22.8 Å². The molecule has 1 aliphatic heterocycles. The number of rotatable bonds is 2. The van der Waals surface area contributed by atoms with Gasteiger partial charge >= 0.3 is 0 Å². The Morgan fingerprint density at radius 2 is 2.36 bits per heavy atom. The molecule has 0 saturated carbocycles. The van der Waals surface area contributed by atoms with Crippen LogP contribution in [0, 0.1) is 0 Å². The van der Waals surface area contributed by atoms with E-state index in [0.717, 1.165) is 23.9 Å². The Bertz CT molecular complexity index is 283. The molecule has 0 amide bonds. The summed E-state index contributed by atoms with van der Waals surface area (Å²) >= 11 is 3.32. The number of pyridine rings is 1. The Kier molecular flexibility index (Phi) is 3.37. The second-order valence-corrected chi connectivity index (χ2v) is 4.14. The first kappa shape index (κ1) is 9.93. The molecule has 1 fully saturated rings. The second kappa shape index (κ2) is 4.75. The van der Waals surface area contributed by atoms with Gasteiger partial charge in [0, 0.05) is 23.2 Å². The maximum Gasteiger partial charge on any atom is 0.215 e. The van der Waals surface area contributed by atoms with Crippen LogP contribution in [0.25, 0.3) is 0 Å². The van der Waals surface area contributed by atoms with Gasteiger partial charge in [-0.1, -0.05) is 0 Å². The van der Waals surface area contributed by atoms with Crippen molar-refractivity contribution in [2.75, 3.05) is 6.61 Å². The van der Waals surface area contributed by atoms with E-state index in [1.165, 1.54) is 6.42 Å². The van der Waals surface area contributed by atoms with E-state index in [1.54, 1.807) is 6.20 Å². The van der Waals surface area contributed by atoms with Gasteiger partial charge in [-0.2, -0.15) is 0 Å². The van der Waals surface area contributed by atoms with Crippen molar-refractivity contribution < 1.29 is 9.47 Å². The van der Waals surface area contributed by atoms with Gasteiger partial charge in [-0.25, -0.2) is 4.98 Å². The van der Waals surface area contributed by atoms with Gasteiger partial charge in [0.2, 0.25) is 12.2 Å². The number of hydrogen-bond donors (Lipinski definition) is 0. The summed E-state index contributed by atoms with van der Waals surface area (Å²) in [6, 6.07) is 3.74. The summed E-state index contributed by atoms with van der Waals surface area (Å²) in [6.45, 7) is 0.793. The number of ether oxygens (including phenoxy) is 2. The van der Waals surface area contributed by atoms with E-state index in [-0.39, 0.29) is 6.29 Å². The molecule has 0 bridgehead atoms. The fraction of sp³-hybridized carbons (Fsp3) is 0.500. The van der Waals surface area contributed by atoms with E-state index in [2.05, 4.69) is 20.9 Å². The maximum absolute atomic E-state index is 5.56. The first-order chi connectivity index (χ1) is 6.84. The minimum absolute atomic E-state index is 0.113. The predicted octanol–water partition coefficient (Wildman–Crippen LogP) is 2.75. The molecule has 76 valence electrons. The summed E-state index contributed by atoms with van der Waals surface area (Å²) in [4.78, 5) is 4.12. The normalized spacial score (nSPS) is 21.9. The van der Waals surface area contributed by atoms with Crippen molar-refractivity contribution in [2.24, 2.45) is 0 Å². The van der Waals surface area contributed by atoms with Crippen LogP contribution in [-0.4, -0.2) is 17.9 Å². The molecule has 1 atom stereocenters. The fourth-order valence-electron chi connectivity index (χ4n) is 1.37. The van der Waals surface area contributed by atoms with Gasteiger partial charge in [0.15, 0.2) is 0 Å². The van der Waals surface area contributed by atoms with E-state index >= 15 is 0 Å². The first-order valence-corrected chi connectivity index (χ1v) is 5.54. The summed E-state index contributed by atoms with van der Waals surface area (Å²) in [5.41, 5.74) is 0. The van der Waals surface area contributed by atoms with Gasteiger partial charge in [0.25, 0.3) is 0 Å². The molecule has 1 saturated heterocycles. The summed E-state index contributed by atoms with van der Waals surface area (Å²) in [6.07, 6.45) is 4.86. The third kappa shape index (κ3) is 2.69.